The number of oxazole rings is 1. The van der Waals surface area contributed by atoms with Crippen molar-refractivity contribution < 1.29 is 13.6 Å². The summed E-state index contributed by atoms with van der Waals surface area (Å²) in [6, 6.07) is 8.82. The molecule has 0 aliphatic heterocycles. The number of fused-ring (bicyclic) bond motifs is 1. The number of carbonyl (C=O) groups excluding carboxylic acids is 1. The number of aromatic nitrogens is 2. The van der Waals surface area contributed by atoms with E-state index in [1.807, 2.05) is 0 Å². The van der Waals surface area contributed by atoms with Crippen molar-refractivity contribution in [3.63, 3.8) is 0 Å². The number of ketones is 1. The van der Waals surface area contributed by atoms with Gasteiger partial charge in [0.25, 0.3) is 0 Å². The second kappa shape index (κ2) is 4.73. The highest BCUT2D eigenvalue weighted by Crippen LogP contribution is 2.12. The maximum Gasteiger partial charge on any atom is 0.421 e. The van der Waals surface area contributed by atoms with Crippen molar-refractivity contribution in [3.05, 3.63) is 64.5 Å². The molecular formula is C14H9FN2O3. The minimum absolute atomic E-state index is 0.0651. The van der Waals surface area contributed by atoms with Gasteiger partial charge >= 0.3 is 5.76 Å². The predicted octanol–water partition coefficient (Wildman–Crippen LogP) is 2.01. The molecule has 0 aliphatic rings. The highest BCUT2D eigenvalue weighted by Gasteiger charge is 2.16. The molecule has 0 N–H and O–H groups in total. The lowest BCUT2D eigenvalue weighted by molar-refractivity contribution is 0.0966. The third kappa shape index (κ3) is 2.01. The first-order valence-electron chi connectivity index (χ1n) is 5.89. The van der Waals surface area contributed by atoms with Gasteiger partial charge in [-0.2, -0.15) is 0 Å². The van der Waals surface area contributed by atoms with Gasteiger partial charge in [-0.1, -0.05) is 12.1 Å². The summed E-state index contributed by atoms with van der Waals surface area (Å²) in [6.45, 7) is -0.316. The molecule has 100 valence electrons. The third-order valence-corrected chi connectivity index (χ3v) is 2.90. The van der Waals surface area contributed by atoms with Crippen LogP contribution >= 0.6 is 0 Å². The van der Waals surface area contributed by atoms with Crippen LogP contribution in [-0.4, -0.2) is 15.3 Å². The zero-order valence-corrected chi connectivity index (χ0v) is 10.2. The van der Waals surface area contributed by atoms with Gasteiger partial charge in [0.05, 0.1) is 12.1 Å². The Morgan fingerprint density at radius 1 is 1.25 bits per heavy atom. The second-order valence-corrected chi connectivity index (χ2v) is 4.18. The second-order valence-electron chi connectivity index (χ2n) is 4.18. The number of carbonyl (C=O) groups is 1. The van der Waals surface area contributed by atoms with E-state index < -0.39 is 17.4 Å². The molecule has 0 aliphatic carbocycles. The molecule has 0 saturated carbocycles. The van der Waals surface area contributed by atoms with Gasteiger partial charge in [-0.25, -0.2) is 14.2 Å². The Labute approximate surface area is 112 Å². The summed E-state index contributed by atoms with van der Waals surface area (Å²) in [5, 5.41) is 0. The maximum absolute atomic E-state index is 13.5. The zero-order chi connectivity index (χ0) is 14.1. The Morgan fingerprint density at radius 3 is 2.85 bits per heavy atom. The Morgan fingerprint density at radius 2 is 2.05 bits per heavy atom. The van der Waals surface area contributed by atoms with Crippen LogP contribution in [0.3, 0.4) is 0 Å². The number of Topliss-reactive ketones (excluding diaryl/α,β-unsaturated/α-hetero) is 1. The van der Waals surface area contributed by atoms with Crippen molar-refractivity contribution >= 4 is 17.0 Å². The first-order valence-corrected chi connectivity index (χ1v) is 5.89. The summed E-state index contributed by atoms with van der Waals surface area (Å²) in [5.41, 5.74) is 0.491. The molecule has 5 nitrogen and oxygen atoms in total. The standard InChI is InChI=1S/C14H9FN2O3/c15-10-5-2-1-4-9(10)11(18)8-17-13-12(20-14(17)19)6-3-7-16-13/h1-7H,8H2. The zero-order valence-electron chi connectivity index (χ0n) is 10.2. The number of nitrogens with zero attached hydrogens (tertiary/aromatic N) is 2. The van der Waals surface area contributed by atoms with Crippen LogP contribution < -0.4 is 5.76 Å². The van der Waals surface area contributed by atoms with Gasteiger partial charge in [0, 0.05) is 6.20 Å². The predicted molar refractivity (Wildman–Crippen MR) is 69.0 cm³/mol. The fourth-order valence-corrected chi connectivity index (χ4v) is 1.96. The monoisotopic (exact) mass is 272 g/mol. The van der Waals surface area contributed by atoms with Gasteiger partial charge in [-0.3, -0.25) is 9.36 Å². The normalized spacial score (nSPS) is 10.8. The van der Waals surface area contributed by atoms with Crippen molar-refractivity contribution in [1.82, 2.24) is 9.55 Å². The molecule has 0 atom stereocenters. The highest BCUT2D eigenvalue weighted by atomic mass is 19.1. The van der Waals surface area contributed by atoms with Gasteiger partial charge in [0.1, 0.15) is 5.82 Å². The van der Waals surface area contributed by atoms with Crippen LogP contribution in [0.1, 0.15) is 10.4 Å². The SMILES string of the molecule is O=C(Cn1c(=O)oc2cccnc21)c1ccccc1F. The molecule has 0 bridgehead atoms. The molecule has 0 spiro atoms. The lowest BCUT2D eigenvalue weighted by Gasteiger charge is -2.02. The Balaban J connectivity index is 2.02. The molecule has 2 aromatic heterocycles. The van der Waals surface area contributed by atoms with Crippen LogP contribution in [0.25, 0.3) is 11.2 Å². The highest BCUT2D eigenvalue weighted by molar-refractivity contribution is 5.96. The van der Waals surface area contributed by atoms with Gasteiger partial charge < -0.3 is 4.42 Å². The summed E-state index contributed by atoms with van der Waals surface area (Å²) in [6.07, 6.45) is 1.49. The lowest BCUT2D eigenvalue weighted by Crippen LogP contribution is -2.21. The molecule has 20 heavy (non-hydrogen) atoms. The smallest absolute Gasteiger partial charge is 0.406 e. The van der Waals surface area contributed by atoms with E-state index in [0.29, 0.717) is 5.58 Å². The number of pyridine rings is 1. The number of benzene rings is 1. The molecule has 0 radical (unpaired) electrons. The Bertz CT molecular complexity index is 851. The molecule has 6 heteroatoms. The first-order chi connectivity index (χ1) is 9.66. The topological polar surface area (TPSA) is 65.1 Å². The Hall–Kier alpha value is -2.76. The van der Waals surface area contributed by atoms with Crippen LogP contribution in [0.4, 0.5) is 4.39 Å². The van der Waals surface area contributed by atoms with E-state index in [4.69, 9.17) is 4.42 Å². The van der Waals surface area contributed by atoms with Gasteiger partial charge in [0.15, 0.2) is 17.0 Å². The van der Waals surface area contributed by atoms with Crippen molar-refractivity contribution in [2.45, 2.75) is 6.54 Å². The van der Waals surface area contributed by atoms with Gasteiger partial charge in [0.2, 0.25) is 0 Å². The third-order valence-electron chi connectivity index (χ3n) is 2.90. The minimum Gasteiger partial charge on any atom is -0.406 e. The van der Waals surface area contributed by atoms with Crippen LogP contribution in [0.15, 0.2) is 51.8 Å². The van der Waals surface area contributed by atoms with E-state index in [1.54, 1.807) is 18.2 Å². The summed E-state index contributed by atoms with van der Waals surface area (Å²) in [5.74, 6) is -1.83. The van der Waals surface area contributed by atoms with E-state index in [2.05, 4.69) is 4.98 Å². The first kappa shape index (κ1) is 12.3. The summed E-state index contributed by atoms with van der Waals surface area (Å²) in [4.78, 5) is 27.8. The van der Waals surface area contributed by atoms with Crippen LogP contribution in [0, 0.1) is 5.82 Å². The van der Waals surface area contributed by atoms with Crippen LogP contribution in [0.2, 0.25) is 0 Å². The fraction of sp³-hybridized carbons (Fsp3) is 0.0714. The quantitative estimate of drug-likeness (QED) is 0.684. The van der Waals surface area contributed by atoms with Gasteiger partial charge in [-0.15, -0.1) is 0 Å². The van der Waals surface area contributed by atoms with Crippen LogP contribution in [0.5, 0.6) is 0 Å². The molecule has 3 aromatic rings. The van der Waals surface area contributed by atoms with Crippen molar-refractivity contribution in [3.8, 4) is 0 Å². The van der Waals surface area contributed by atoms with Crippen molar-refractivity contribution in [2.24, 2.45) is 0 Å². The molecule has 1 aromatic carbocycles. The van der Waals surface area contributed by atoms with E-state index >= 15 is 0 Å². The minimum atomic E-state index is -0.691. The average molecular weight is 272 g/mol. The van der Waals surface area contributed by atoms with E-state index in [9.17, 15) is 14.0 Å². The summed E-state index contributed by atoms with van der Waals surface area (Å²) in [7, 11) is 0. The largest absolute Gasteiger partial charge is 0.421 e. The molecular weight excluding hydrogens is 263 g/mol. The number of hydrogen-bond donors (Lipinski definition) is 0. The van der Waals surface area contributed by atoms with Gasteiger partial charge in [-0.05, 0) is 24.3 Å². The van der Waals surface area contributed by atoms with E-state index in [-0.39, 0.29) is 17.8 Å². The molecule has 3 rings (SSSR count). The number of halogens is 1. The van der Waals surface area contributed by atoms with Crippen molar-refractivity contribution in [2.75, 3.05) is 0 Å². The Kier molecular flexibility index (Phi) is 2.90. The summed E-state index contributed by atoms with van der Waals surface area (Å²) < 4.78 is 19.6. The number of rotatable bonds is 3. The summed E-state index contributed by atoms with van der Waals surface area (Å²) >= 11 is 0. The molecule has 0 amide bonds. The average Bonchev–Trinajstić information content (AvgIpc) is 2.76. The fourth-order valence-electron chi connectivity index (χ4n) is 1.96. The van der Waals surface area contributed by atoms with E-state index in [0.717, 1.165) is 4.57 Å². The molecule has 0 saturated heterocycles. The van der Waals surface area contributed by atoms with Crippen molar-refractivity contribution in [1.29, 1.82) is 0 Å². The van der Waals surface area contributed by atoms with Crippen LogP contribution in [-0.2, 0) is 6.54 Å². The van der Waals surface area contributed by atoms with E-state index in [1.165, 1.54) is 24.4 Å². The maximum atomic E-state index is 13.5. The molecule has 2 heterocycles. The lowest BCUT2D eigenvalue weighted by atomic mass is 10.1. The molecule has 0 fully saturated rings. The number of hydrogen-bond acceptors (Lipinski definition) is 4. The molecule has 0 unspecified atom stereocenters.